The summed E-state index contributed by atoms with van der Waals surface area (Å²) in [6.07, 6.45) is 7.79. The van der Waals surface area contributed by atoms with Gasteiger partial charge in [0.15, 0.2) is 5.89 Å². The lowest BCUT2D eigenvalue weighted by Gasteiger charge is -2.33. The highest BCUT2D eigenvalue weighted by molar-refractivity contribution is 6.30. The van der Waals surface area contributed by atoms with Gasteiger partial charge in [0.05, 0.1) is 18.7 Å². The van der Waals surface area contributed by atoms with Crippen molar-refractivity contribution >= 4 is 23.4 Å². The number of nitrogens with zero attached hydrogens (tertiary/aromatic N) is 3. The van der Waals surface area contributed by atoms with Gasteiger partial charge in [0.25, 0.3) is 0 Å². The molecule has 1 aromatic heterocycles. The molecule has 1 unspecified atom stereocenters. The SMILES string of the molecule is O=C1CCCCCN1CC(=O)N1CCCC(c2ncc(Cc3cccc(Cl)c3)o2)C1. The second-order valence-corrected chi connectivity index (χ2v) is 8.71. The van der Waals surface area contributed by atoms with Crippen LogP contribution in [0.15, 0.2) is 34.9 Å². The Hall–Kier alpha value is -2.34. The van der Waals surface area contributed by atoms with Crippen molar-refractivity contribution in [2.75, 3.05) is 26.2 Å². The first kappa shape index (κ1) is 20.9. The van der Waals surface area contributed by atoms with Crippen LogP contribution in [0, 0.1) is 0 Å². The molecule has 2 aromatic rings. The predicted octanol–water partition coefficient (Wildman–Crippen LogP) is 4.03. The Bertz CT molecular complexity index is 897. The van der Waals surface area contributed by atoms with Crippen LogP contribution in [0.5, 0.6) is 0 Å². The average Bonchev–Trinajstić information content (AvgIpc) is 3.11. The quantitative estimate of drug-likeness (QED) is 0.719. The number of benzene rings is 1. The van der Waals surface area contributed by atoms with E-state index in [4.69, 9.17) is 16.0 Å². The molecule has 4 rings (SSSR count). The van der Waals surface area contributed by atoms with Crippen LogP contribution in [0.4, 0.5) is 0 Å². The molecule has 2 aliphatic rings. The van der Waals surface area contributed by atoms with Crippen molar-refractivity contribution in [1.29, 1.82) is 0 Å². The molecule has 0 N–H and O–H groups in total. The van der Waals surface area contributed by atoms with Crippen LogP contribution in [0.2, 0.25) is 5.02 Å². The van der Waals surface area contributed by atoms with E-state index in [2.05, 4.69) is 4.98 Å². The number of carbonyl (C=O) groups is 2. The molecule has 0 radical (unpaired) electrons. The van der Waals surface area contributed by atoms with Gasteiger partial charge in [0, 0.05) is 37.5 Å². The van der Waals surface area contributed by atoms with E-state index in [0.29, 0.717) is 36.8 Å². The van der Waals surface area contributed by atoms with E-state index in [1.54, 1.807) is 11.1 Å². The van der Waals surface area contributed by atoms with Gasteiger partial charge < -0.3 is 14.2 Å². The van der Waals surface area contributed by atoms with Crippen molar-refractivity contribution in [3.63, 3.8) is 0 Å². The predicted molar refractivity (Wildman–Crippen MR) is 114 cm³/mol. The molecular formula is C23H28ClN3O3. The first-order valence-electron chi connectivity index (χ1n) is 10.8. The Kier molecular flexibility index (Phi) is 6.72. The smallest absolute Gasteiger partial charge is 0.242 e. The van der Waals surface area contributed by atoms with Gasteiger partial charge in [0.1, 0.15) is 5.76 Å². The average molecular weight is 430 g/mol. The molecule has 2 saturated heterocycles. The van der Waals surface area contributed by atoms with Crippen LogP contribution in [-0.2, 0) is 16.0 Å². The summed E-state index contributed by atoms with van der Waals surface area (Å²) >= 11 is 6.06. The standard InChI is InChI=1S/C23H28ClN3O3/c24-19-8-4-6-17(12-19)13-20-14-25-23(30-20)18-7-5-11-26(15-18)22(29)16-27-10-3-1-2-9-21(27)28/h4,6,8,12,14,18H,1-3,5,7,9-11,13,15-16H2. The summed E-state index contributed by atoms with van der Waals surface area (Å²) in [5.74, 6) is 1.71. The van der Waals surface area contributed by atoms with E-state index >= 15 is 0 Å². The lowest BCUT2D eigenvalue weighted by atomic mass is 9.98. The van der Waals surface area contributed by atoms with Crippen molar-refractivity contribution in [1.82, 2.24) is 14.8 Å². The molecule has 0 saturated carbocycles. The molecule has 1 aromatic carbocycles. The van der Waals surface area contributed by atoms with E-state index in [-0.39, 0.29) is 24.3 Å². The lowest BCUT2D eigenvalue weighted by molar-refractivity contribution is -0.141. The Labute approximate surface area is 182 Å². The third-order valence-corrected chi connectivity index (χ3v) is 6.19. The summed E-state index contributed by atoms with van der Waals surface area (Å²) in [6, 6.07) is 7.71. The van der Waals surface area contributed by atoms with Gasteiger partial charge in [-0.15, -0.1) is 0 Å². The molecule has 7 heteroatoms. The molecule has 30 heavy (non-hydrogen) atoms. The molecule has 160 valence electrons. The number of oxazole rings is 1. The zero-order valence-electron chi connectivity index (χ0n) is 17.2. The molecule has 0 bridgehead atoms. The van der Waals surface area contributed by atoms with Gasteiger partial charge in [-0.25, -0.2) is 4.98 Å². The van der Waals surface area contributed by atoms with E-state index in [0.717, 1.165) is 50.0 Å². The molecule has 2 aliphatic heterocycles. The molecule has 0 aliphatic carbocycles. The lowest BCUT2D eigenvalue weighted by Crippen LogP contribution is -2.46. The summed E-state index contributed by atoms with van der Waals surface area (Å²) in [5.41, 5.74) is 1.08. The second-order valence-electron chi connectivity index (χ2n) is 8.28. The Morgan fingerprint density at radius 3 is 2.97 bits per heavy atom. The molecule has 3 heterocycles. The highest BCUT2D eigenvalue weighted by Gasteiger charge is 2.29. The minimum Gasteiger partial charge on any atom is -0.445 e. The maximum absolute atomic E-state index is 12.8. The van der Waals surface area contributed by atoms with E-state index in [1.807, 2.05) is 29.2 Å². The largest absolute Gasteiger partial charge is 0.445 e. The van der Waals surface area contributed by atoms with Crippen LogP contribution in [-0.4, -0.2) is 52.8 Å². The molecular weight excluding hydrogens is 402 g/mol. The number of halogens is 1. The summed E-state index contributed by atoms with van der Waals surface area (Å²) in [5, 5.41) is 0.705. The third-order valence-electron chi connectivity index (χ3n) is 5.96. The monoisotopic (exact) mass is 429 g/mol. The number of hydrogen-bond acceptors (Lipinski definition) is 4. The van der Waals surface area contributed by atoms with Crippen molar-refractivity contribution in [3.05, 3.63) is 52.7 Å². The number of amides is 2. The van der Waals surface area contributed by atoms with Crippen molar-refractivity contribution < 1.29 is 14.0 Å². The summed E-state index contributed by atoms with van der Waals surface area (Å²) in [7, 11) is 0. The van der Waals surface area contributed by atoms with Gasteiger partial charge in [-0.1, -0.05) is 30.2 Å². The third kappa shape index (κ3) is 5.22. The zero-order chi connectivity index (χ0) is 20.9. The number of likely N-dealkylation sites (tertiary alicyclic amines) is 2. The topological polar surface area (TPSA) is 66.7 Å². The Balaban J connectivity index is 1.36. The van der Waals surface area contributed by atoms with Crippen molar-refractivity contribution in [2.24, 2.45) is 0 Å². The molecule has 6 nitrogen and oxygen atoms in total. The van der Waals surface area contributed by atoms with Gasteiger partial charge in [-0.2, -0.15) is 0 Å². The highest BCUT2D eigenvalue weighted by atomic mass is 35.5. The van der Waals surface area contributed by atoms with Gasteiger partial charge in [0.2, 0.25) is 11.8 Å². The highest BCUT2D eigenvalue weighted by Crippen LogP contribution is 2.28. The van der Waals surface area contributed by atoms with E-state index in [9.17, 15) is 9.59 Å². The Morgan fingerprint density at radius 1 is 1.20 bits per heavy atom. The second kappa shape index (κ2) is 9.65. The maximum Gasteiger partial charge on any atom is 0.242 e. The van der Waals surface area contributed by atoms with Gasteiger partial charge >= 0.3 is 0 Å². The molecule has 0 spiro atoms. The fraction of sp³-hybridized carbons (Fsp3) is 0.522. The first-order valence-corrected chi connectivity index (χ1v) is 11.2. The number of carbonyl (C=O) groups excluding carboxylic acids is 2. The summed E-state index contributed by atoms with van der Waals surface area (Å²) < 4.78 is 6.02. The first-order chi connectivity index (χ1) is 14.6. The van der Waals surface area contributed by atoms with Gasteiger partial charge in [-0.05, 0) is 43.4 Å². The zero-order valence-corrected chi connectivity index (χ0v) is 17.9. The summed E-state index contributed by atoms with van der Waals surface area (Å²) in [6.45, 7) is 2.21. The fourth-order valence-electron chi connectivity index (χ4n) is 4.32. The molecule has 2 fully saturated rings. The molecule has 2 amide bonds. The number of rotatable bonds is 5. The van der Waals surface area contributed by atoms with Gasteiger partial charge in [-0.3, -0.25) is 9.59 Å². The van der Waals surface area contributed by atoms with Crippen LogP contribution < -0.4 is 0 Å². The fourth-order valence-corrected chi connectivity index (χ4v) is 4.53. The maximum atomic E-state index is 12.8. The molecule has 1 atom stereocenters. The number of hydrogen-bond donors (Lipinski definition) is 0. The minimum absolute atomic E-state index is 0.0284. The van der Waals surface area contributed by atoms with Crippen molar-refractivity contribution in [3.8, 4) is 0 Å². The van der Waals surface area contributed by atoms with Crippen LogP contribution in [0.1, 0.15) is 61.7 Å². The number of aromatic nitrogens is 1. The van der Waals surface area contributed by atoms with Crippen LogP contribution in [0.3, 0.4) is 0 Å². The van der Waals surface area contributed by atoms with E-state index in [1.165, 1.54) is 0 Å². The van der Waals surface area contributed by atoms with E-state index < -0.39 is 0 Å². The van der Waals surface area contributed by atoms with Crippen molar-refractivity contribution in [2.45, 2.75) is 50.9 Å². The van der Waals surface area contributed by atoms with Crippen LogP contribution in [0.25, 0.3) is 0 Å². The summed E-state index contributed by atoms with van der Waals surface area (Å²) in [4.78, 5) is 33.1. The van der Waals surface area contributed by atoms with Crippen LogP contribution >= 0.6 is 11.6 Å². The Morgan fingerprint density at radius 2 is 2.10 bits per heavy atom. The normalized spacial score (nSPS) is 20.3. The number of piperidine rings is 1. The minimum atomic E-state index is 0.0284.